The van der Waals surface area contributed by atoms with E-state index >= 15 is 0 Å². The van der Waals surface area contributed by atoms with Crippen LogP contribution in [0.25, 0.3) is 0 Å². The van der Waals surface area contributed by atoms with Crippen LogP contribution in [0.15, 0.2) is 18.2 Å². The van der Waals surface area contributed by atoms with Crippen molar-refractivity contribution in [2.24, 2.45) is 0 Å². The maximum Gasteiger partial charge on any atom is 0.253 e. The van der Waals surface area contributed by atoms with Gasteiger partial charge in [0.1, 0.15) is 0 Å². The van der Waals surface area contributed by atoms with E-state index in [0.29, 0.717) is 18.7 Å². The van der Waals surface area contributed by atoms with Gasteiger partial charge in [-0.05, 0) is 24.1 Å². The lowest BCUT2D eigenvalue weighted by molar-refractivity contribution is 0.0762. The molecule has 2 rings (SSSR count). The highest BCUT2D eigenvalue weighted by atomic mass is 16.2. The van der Waals surface area contributed by atoms with Gasteiger partial charge in [0, 0.05) is 30.9 Å². The molecule has 1 aliphatic rings. The van der Waals surface area contributed by atoms with Crippen LogP contribution >= 0.6 is 0 Å². The number of benzene rings is 1. The molecule has 0 saturated carbocycles. The molecule has 0 radical (unpaired) electrons. The number of fused-ring (bicyclic) bond motifs is 1. The lowest BCUT2D eigenvalue weighted by Gasteiger charge is -2.20. The second-order valence-electron chi connectivity index (χ2n) is 4.66. The van der Waals surface area contributed by atoms with Crippen molar-refractivity contribution in [2.45, 2.75) is 19.3 Å². The zero-order valence-corrected chi connectivity index (χ0v) is 11.2. The van der Waals surface area contributed by atoms with Crippen LogP contribution in [0, 0.1) is 22.7 Å². The first-order valence-corrected chi connectivity index (χ1v) is 6.66. The van der Waals surface area contributed by atoms with Crippen molar-refractivity contribution in [3.05, 3.63) is 29.3 Å². The molecule has 0 fully saturated rings. The largest absolute Gasteiger partial charge is 0.384 e. The number of rotatable bonds is 5. The summed E-state index contributed by atoms with van der Waals surface area (Å²) in [4.78, 5) is 14.0. The summed E-state index contributed by atoms with van der Waals surface area (Å²) in [5.41, 5.74) is 2.84. The van der Waals surface area contributed by atoms with Gasteiger partial charge in [-0.1, -0.05) is 6.07 Å². The van der Waals surface area contributed by atoms with Crippen LogP contribution in [0.1, 0.15) is 28.8 Å². The SMILES string of the molecule is N#CCCN(CCC#N)C(=O)c1ccc2c(c1)NCC2. The average Bonchev–Trinajstić information content (AvgIpc) is 2.94. The molecule has 1 aromatic carbocycles. The summed E-state index contributed by atoms with van der Waals surface area (Å²) in [7, 11) is 0. The Hall–Kier alpha value is -2.53. The molecule has 1 amide bonds. The van der Waals surface area contributed by atoms with Crippen LogP contribution in [0.3, 0.4) is 0 Å². The molecular formula is C15H16N4O. The number of anilines is 1. The van der Waals surface area contributed by atoms with Crippen molar-refractivity contribution in [3.63, 3.8) is 0 Å². The average molecular weight is 268 g/mol. The monoisotopic (exact) mass is 268 g/mol. The van der Waals surface area contributed by atoms with Crippen LogP contribution in [0.4, 0.5) is 5.69 Å². The topological polar surface area (TPSA) is 79.9 Å². The minimum atomic E-state index is -0.119. The normalized spacial score (nSPS) is 11.9. The van der Waals surface area contributed by atoms with Gasteiger partial charge in [0.15, 0.2) is 0 Å². The van der Waals surface area contributed by atoms with E-state index < -0.39 is 0 Å². The van der Waals surface area contributed by atoms with Gasteiger partial charge in [-0.3, -0.25) is 4.79 Å². The Morgan fingerprint density at radius 1 is 1.25 bits per heavy atom. The van der Waals surface area contributed by atoms with Crippen molar-refractivity contribution in [1.29, 1.82) is 10.5 Å². The molecule has 1 heterocycles. The summed E-state index contributed by atoms with van der Waals surface area (Å²) < 4.78 is 0. The van der Waals surface area contributed by atoms with Gasteiger partial charge in [-0.25, -0.2) is 0 Å². The highest BCUT2D eigenvalue weighted by Gasteiger charge is 2.18. The third kappa shape index (κ3) is 3.07. The Labute approximate surface area is 118 Å². The lowest BCUT2D eigenvalue weighted by atomic mass is 10.1. The molecule has 1 N–H and O–H groups in total. The molecule has 0 unspecified atom stereocenters. The van der Waals surface area contributed by atoms with Gasteiger partial charge < -0.3 is 10.2 Å². The molecule has 20 heavy (non-hydrogen) atoms. The maximum absolute atomic E-state index is 12.4. The third-order valence-electron chi connectivity index (χ3n) is 3.34. The van der Waals surface area contributed by atoms with E-state index in [-0.39, 0.29) is 18.7 Å². The second kappa shape index (κ2) is 6.58. The lowest BCUT2D eigenvalue weighted by Crippen LogP contribution is -2.32. The summed E-state index contributed by atoms with van der Waals surface area (Å²) in [5.74, 6) is -0.119. The molecule has 0 atom stereocenters. The minimum absolute atomic E-state index is 0.119. The smallest absolute Gasteiger partial charge is 0.253 e. The Kier molecular flexibility index (Phi) is 4.57. The number of nitriles is 2. The Balaban J connectivity index is 2.14. The standard InChI is InChI=1S/C15H16N4O/c16-6-1-9-19(10-2-7-17)15(20)13-4-3-12-5-8-18-14(12)11-13/h3-4,11,18H,1-2,5,8-10H2. The van der Waals surface area contributed by atoms with E-state index in [1.54, 1.807) is 4.90 Å². The number of nitrogens with zero attached hydrogens (tertiary/aromatic N) is 3. The van der Waals surface area contributed by atoms with E-state index in [9.17, 15) is 4.79 Å². The molecule has 5 nitrogen and oxygen atoms in total. The fraction of sp³-hybridized carbons (Fsp3) is 0.400. The number of carbonyl (C=O) groups is 1. The second-order valence-corrected chi connectivity index (χ2v) is 4.66. The predicted octanol–water partition coefficient (Wildman–Crippen LogP) is 1.92. The molecule has 0 saturated heterocycles. The van der Waals surface area contributed by atoms with E-state index in [0.717, 1.165) is 18.7 Å². The van der Waals surface area contributed by atoms with Crippen LogP contribution < -0.4 is 5.32 Å². The summed E-state index contributed by atoms with van der Waals surface area (Å²) in [6, 6.07) is 9.71. The summed E-state index contributed by atoms with van der Waals surface area (Å²) >= 11 is 0. The van der Waals surface area contributed by atoms with E-state index in [1.165, 1.54) is 5.56 Å². The van der Waals surface area contributed by atoms with E-state index in [1.807, 2.05) is 30.3 Å². The first-order valence-electron chi connectivity index (χ1n) is 6.66. The van der Waals surface area contributed by atoms with Crippen LogP contribution in [-0.2, 0) is 6.42 Å². The Morgan fingerprint density at radius 3 is 2.60 bits per heavy atom. The molecule has 0 bridgehead atoms. The van der Waals surface area contributed by atoms with Gasteiger partial charge in [0.05, 0.1) is 25.0 Å². The van der Waals surface area contributed by atoms with Gasteiger partial charge in [0.2, 0.25) is 0 Å². The number of carbonyl (C=O) groups excluding carboxylic acids is 1. The molecule has 5 heteroatoms. The fourth-order valence-electron chi connectivity index (χ4n) is 2.29. The third-order valence-corrected chi connectivity index (χ3v) is 3.34. The summed E-state index contributed by atoms with van der Waals surface area (Å²) in [6.45, 7) is 1.63. The van der Waals surface area contributed by atoms with Crippen LogP contribution in [0.5, 0.6) is 0 Å². The molecule has 1 aromatic rings. The van der Waals surface area contributed by atoms with Crippen LogP contribution in [0.2, 0.25) is 0 Å². The first kappa shape index (κ1) is 13.9. The quantitative estimate of drug-likeness (QED) is 0.884. The van der Waals surface area contributed by atoms with Crippen LogP contribution in [-0.4, -0.2) is 30.4 Å². The Morgan fingerprint density at radius 2 is 1.95 bits per heavy atom. The number of hydrogen-bond acceptors (Lipinski definition) is 4. The molecular weight excluding hydrogens is 252 g/mol. The Bertz CT molecular complexity index is 565. The van der Waals surface area contributed by atoms with E-state index in [2.05, 4.69) is 5.32 Å². The number of amides is 1. The van der Waals surface area contributed by atoms with Crippen molar-refractivity contribution in [1.82, 2.24) is 4.90 Å². The highest BCUT2D eigenvalue weighted by molar-refractivity contribution is 5.95. The summed E-state index contributed by atoms with van der Waals surface area (Å²) in [5, 5.41) is 20.6. The van der Waals surface area contributed by atoms with Crippen molar-refractivity contribution < 1.29 is 4.79 Å². The predicted molar refractivity (Wildman–Crippen MR) is 75.0 cm³/mol. The van der Waals surface area contributed by atoms with Crippen molar-refractivity contribution >= 4 is 11.6 Å². The van der Waals surface area contributed by atoms with Gasteiger partial charge in [-0.15, -0.1) is 0 Å². The summed E-state index contributed by atoms with van der Waals surface area (Å²) in [6.07, 6.45) is 1.54. The highest BCUT2D eigenvalue weighted by Crippen LogP contribution is 2.23. The molecule has 0 spiro atoms. The van der Waals surface area contributed by atoms with Crippen molar-refractivity contribution in [3.8, 4) is 12.1 Å². The zero-order valence-electron chi connectivity index (χ0n) is 11.2. The number of nitrogens with one attached hydrogen (secondary N) is 1. The van der Waals surface area contributed by atoms with E-state index in [4.69, 9.17) is 10.5 Å². The fourth-order valence-corrected chi connectivity index (χ4v) is 2.29. The molecule has 0 aromatic heterocycles. The number of hydrogen-bond donors (Lipinski definition) is 1. The minimum Gasteiger partial charge on any atom is -0.384 e. The zero-order chi connectivity index (χ0) is 14.4. The molecule has 102 valence electrons. The molecule has 0 aliphatic carbocycles. The van der Waals surface area contributed by atoms with Gasteiger partial charge in [0.25, 0.3) is 5.91 Å². The maximum atomic E-state index is 12.4. The van der Waals surface area contributed by atoms with Gasteiger partial charge >= 0.3 is 0 Å². The van der Waals surface area contributed by atoms with Crippen molar-refractivity contribution in [2.75, 3.05) is 25.0 Å². The van der Waals surface area contributed by atoms with Gasteiger partial charge in [-0.2, -0.15) is 10.5 Å². The first-order chi connectivity index (χ1) is 9.76. The molecule has 1 aliphatic heterocycles.